The van der Waals surface area contributed by atoms with Gasteiger partial charge in [0.2, 0.25) is 10.0 Å². The zero-order valence-electron chi connectivity index (χ0n) is 13.2. The molecule has 25 heavy (non-hydrogen) atoms. The van der Waals surface area contributed by atoms with Gasteiger partial charge in [0, 0.05) is 18.9 Å². The van der Waals surface area contributed by atoms with E-state index >= 15 is 0 Å². The van der Waals surface area contributed by atoms with Crippen LogP contribution in [0.2, 0.25) is 0 Å². The van der Waals surface area contributed by atoms with Gasteiger partial charge in [0.25, 0.3) is 11.8 Å². The van der Waals surface area contributed by atoms with E-state index in [2.05, 4.69) is 9.97 Å². The van der Waals surface area contributed by atoms with Gasteiger partial charge in [-0.1, -0.05) is 0 Å². The van der Waals surface area contributed by atoms with Crippen molar-refractivity contribution in [2.75, 3.05) is 20.2 Å². The maximum atomic E-state index is 13.8. The van der Waals surface area contributed by atoms with Crippen molar-refractivity contribution >= 4 is 10.0 Å². The van der Waals surface area contributed by atoms with Crippen molar-refractivity contribution in [2.24, 2.45) is 0 Å². The average Bonchev–Trinajstić information content (AvgIpc) is 3.07. The lowest BCUT2D eigenvalue weighted by molar-refractivity contribution is 0.194. The molecule has 1 aromatic carbocycles. The zero-order chi connectivity index (χ0) is 18.0. The molecular weight excluding hydrogens is 356 g/mol. The van der Waals surface area contributed by atoms with E-state index in [1.807, 2.05) is 0 Å². The molecule has 0 unspecified atom stereocenters. The Morgan fingerprint density at radius 1 is 1.20 bits per heavy atom. The number of hydrogen-bond acceptors (Lipinski definition) is 6. The molecule has 10 heteroatoms. The van der Waals surface area contributed by atoms with Gasteiger partial charge < -0.3 is 9.47 Å². The van der Waals surface area contributed by atoms with Crippen LogP contribution in [0, 0.1) is 11.6 Å². The highest BCUT2D eigenvalue weighted by Gasteiger charge is 2.36. The fourth-order valence-electron chi connectivity index (χ4n) is 2.52. The third-order valence-corrected chi connectivity index (χ3v) is 5.60. The number of ether oxygens (including phenoxy) is 2. The van der Waals surface area contributed by atoms with Crippen LogP contribution in [0.25, 0.3) is 0 Å². The number of halogens is 2. The molecule has 0 aliphatic carbocycles. The molecule has 1 aliphatic rings. The molecule has 2 heterocycles. The van der Waals surface area contributed by atoms with E-state index in [4.69, 9.17) is 9.47 Å². The molecule has 0 amide bonds. The summed E-state index contributed by atoms with van der Waals surface area (Å²) in [7, 11) is -2.75. The Morgan fingerprint density at radius 3 is 2.64 bits per heavy atom. The Kier molecular flexibility index (Phi) is 4.82. The molecule has 0 radical (unpaired) electrons. The number of hydrogen-bond donors (Lipinski definition) is 0. The largest absolute Gasteiger partial charge is 0.477 e. The van der Waals surface area contributed by atoms with Crippen LogP contribution in [-0.2, 0) is 10.0 Å². The lowest BCUT2D eigenvalue weighted by Gasteiger charge is -2.17. The van der Waals surface area contributed by atoms with Gasteiger partial charge in [0.15, 0.2) is 0 Å². The smallest absolute Gasteiger partial charge is 0.278 e. The predicted molar refractivity (Wildman–Crippen MR) is 82.7 cm³/mol. The first-order valence-electron chi connectivity index (χ1n) is 7.38. The molecule has 1 saturated heterocycles. The van der Waals surface area contributed by atoms with Crippen LogP contribution in [0.5, 0.6) is 11.8 Å². The summed E-state index contributed by atoms with van der Waals surface area (Å²) in [5.41, 5.74) is 0. The number of aromatic nitrogens is 2. The van der Waals surface area contributed by atoms with Crippen molar-refractivity contribution < 1.29 is 26.7 Å². The van der Waals surface area contributed by atoms with Gasteiger partial charge >= 0.3 is 0 Å². The molecule has 1 aliphatic heterocycles. The summed E-state index contributed by atoms with van der Waals surface area (Å²) in [6.07, 6.45) is 2.72. The molecule has 0 bridgehead atoms. The SMILES string of the molecule is COc1nccnc1O[C@@H]1CCN(S(=O)(=O)c2cc(F)ccc2F)C1. The highest BCUT2D eigenvalue weighted by atomic mass is 32.2. The topological polar surface area (TPSA) is 81.6 Å². The van der Waals surface area contributed by atoms with Crippen molar-refractivity contribution in [3.05, 3.63) is 42.2 Å². The van der Waals surface area contributed by atoms with Gasteiger partial charge in [0.1, 0.15) is 22.6 Å². The standard InChI is InChI=1S/C15H15F2N3O4S/c1-23-14-15(19-6-5-18-14)24-11-4-7-20(9-11)25(21,22)13-8-10(16)2-3-12(13)17/h2-3,5-6,8,11H,4,7,9H2,1H3/t11-/m1/s1. The summed E-state index contributed by atoms with van der Waals surface area (Å²) in [6.45, 7) is 0.101. The minimum atomic E-state index is -4.16. The summed E-state index contributed by atoms with van der Waals surface area (Å²) in [6, 6.07) is 2.33. The minimum absolute atomic E-state index is 0.0159. The Morgan fingerprint density at radius 2 is 1.92 bits per heavy atom. The van der Waals surface area contributed by atoms with Crippen LogP contribution in [0.4, 0.5) is 8.78 Å². The number of rotatable bonds is 5. The molecule has 1 fully saturated rings. The first-order chi connectivity index (χ1) is 11.9. The maximum Gasteiger partial charge on any atom is 0.278 e. The molecule has 0 spiro atoms. The molecule has 1 atom stereocenters. The summed E-state index contributed by atoms with van der Waals surface area (Å²) in [5, 5.41) is 0. The Labute approximate surface area is 143 Å². The Bertz CT molecular complexity index is 879. The molecular formula is C15H15F2N3O4S. The monoisotopic (exact) mass is 371 g/mol. The quantitative estimate of drug-likeness (QED) is 0.794. The lowest BCUT2D eigenvalue weighted by Crippen LogP contribution is -2.31. The second-order valence-electron chi connectivity index (χ2n) is 5.34. The summed E-state index contributed by atoms with van der Waals surface area (Å²) in [4.78, 5) is 7.25. The van der Waals surface area contributed by atoms with Crippen LogP contribution < -0.4 is 9.47 Å². The third-order valence-electron chi connectivity index (χ3n) is 3.72. The molecule has 3 rings (SSSR count). The van der Waals surface area contributed by atoms with Crippen molar-refractivity contribution in [1.82, 2.24) is 14.3 Å². The van der Waals surface area contributed by atoms with Crippen molar-refractivity contribution in [3.63, 3.8) is 0 Å². The fourth-order valence-corrected chi connectivity index (χ4v) is 4.08. The molecule has 0 saturated carbocycles. The molecule has 0 N–H and O–H groups in total. The molecule has 2 aromatic rings. The average molecular weight is 371 g/mol. The molecule has 134 valence electrons. The van der Waals surface area contributed by atoms with Gasteiger partial charge in [-0.05, 0) is 24.6 Å². The number of benzene rings is 1. The third kappa shape index (κ3) is 3.54. The summed E-state index contributed by atoms with van der Waals surface area (Å²) >= 11 is 0. The van der Waals surface area contributed by atoms with E-state index in [0.717, 1.165) is 16.4 Å². The normalized spacial score (nSPS) is 18.3. The molecule has 7 nitrogen and oxygen atoms in total. The van der Waals surface area contributed by atoms with Gasteiger partial charge in [-0.25, -0.2) is 27.2 Å². The minimum Gasteiger partial charge on any atom is -0.477 e. The van der Waals surface area contributed by atoms with E-state index in [1.54, 1.807) is 0 Å². The predicted octanol–water partition coefficient (Wildman–Crippen LogP) is 1.61. The molecule has 1 aromatic heterocycles. The van der Waals surface area contributed by atoms with E-state index in [1.165, 1.54) is 19.5 Å². The van der Waals surface area contributed by atoms with Crippen molar-refractivity contribution in [1.29, 1.82) is 0 Å². The van der Waals surface area contributed by atoms with Crippen LogP contribution in [-0.4, -0.2) is 49.0 Å². The fraction of sp³-hybridized carbons (Fsp3) is 0.333. The van der Waals surface area contributed by atoms with Gasteiger partial charge in [-0.2, -0.15) is 4.31 Å². The van der Waals surface area contributed by atoms with E-state index < -0.39 is 32.7 Å². The van der Waals surface area contributed by atoms with Gasteiger partial charge in [0.05, 0.1) is 13.7 Å². The van der Waals surface area contributed by atoms with E-state index in [-0.39, 0.29) is 24.8 Å². The Hall–Kier alpha value is -2.33. The maximum absolute atomic E-state index is 13.8. The highest BCUT2D eigenvalue weighted by Crippen LogP contribution is 2.28. The second kappa shape index (κ2) is 6.89. The lowest BCUT2D eigenvalue weighted by atomic mass is 10.3. The zero-order valence-corrected chi connectivity index (χ0v) is 14.0. The second-order valence-corrected chi connectivity index (χ2v) is 7.24. The first kappa shape index (κ1) is 17.5. The number of methoxy groups -OCH3 is 1. The summed E-state index contributed by atoms with van der Waals surface area (Å²) < 4.78 is 63.9. The van der Waals surface area contributed by atoms with E-state index in [0.29, 0.717) is 12.5 Å². The van der Waals surface area contributed by atoms with Crippen LogP contribution in [0.1, 0.15) is 6.42 Å². The first-order valence-corrected chi connectivity index (χ1v) is 8.82. The van der Waals surface area contributed by atoms with Crippen molar-refractivity contribution in [3.8, 4) is 11.8 Å². The number of sulfonamides is 1. The van der Waals surface area contributed by atoms with Gasteiger partial charge in [-0.15, -0.1) is 0 Å². The number of nitrogens with zero attached hydrogens (tertiary/aromatic N) is 3. The van der Waals surface area contributed by atoms with Gasteiger partial charge in [-0.3, -0.25) is 0 Å². The van der Waals surface area contributed by atoms with E-state index in [9.17, 15) is 17.2 Å². The highest BCUT2D eigenvalue weighted by molar-refractivity contribution is 7.89. The van der Waals surface area contributed by atoms with Crippen molar-refractivity contribution in [2.45, 2.75) is 17.4 Å². The van der Waals surface area contributed by atoms with Crippen LogP contribution in [0.3, 0.4) is 0 Å². The van der Waals surface area contributed by atoms with Crippen LogP contribution >= 0.6 is 0 Å². The summed E-state index contributed by atoms with van der Waals surface area (Å²) in [5.74, 6) is -1.50. The Balaban J connectivity index is 1.77. The van der Waals surface area contributed by atoms with Crippen LogP contribution in [0.15, 0.2) is 35.5 Å².